The fourth-order valence-electron chi connectivity index (χ4n) is 1.79. The molecule has 0 aromatic heterocycles. The zero-order valence-electron chi connectivity index (χ0n) is 11.5. The van der Waals surface area contributed by atoms with E-state index in [1.807, 2.05) is 24.3 Å². The summed E-state index contributed by atoms with van der Waals surface area (Å²) in [5.41, 5.74) is 0.257. The van der Waals surface area contributed by atoms with Crippen LogP contribution in [0.25, 0.3) is 0 Å². The summed E-state index contributed by atoms with van der Waals surface area (Å²) < 4.78 is 5.15. The van der Waals surface area contributed by atoms with Gasteiger partial charge in [-0.25, -0.2) is 0 Å². The van der Waals surface area contributed by atoms with E-state index in [-0.39, 0.29) is 11.5 Å². The lowest BCUT2D eigenvalue weighted by Gasteiger charge is -2.08. The molecule has 5 nitrogen and oxygen atoms in total. The smallest absolute Gasteiger partial charge is 0.270 e. The molecule has 0 atom stereocenters. The molecule has 0 aliphatic rings. The molecule has 2 rings (SSSR count). The first kappa shape index (κ1) is 15.1. The van der Waals surface area contributed by atoms with Crippen LogP contribution in [0.2, 0.25) is 0 Å². The molecule has 6 heteroatoms. The maximum atomic E-state index is 11.7. The van der Waals surface area contributed by atoms with E-state index in [4.69, 9.17) is 4.74 Å². The molecule has 0 heterocycles. The number of nitro benzene ring substituents is 1. The van der Waals surface area contributed by atoms with Crippen LogP contribution >= 0.6 is 11.8 Å². The van der Waals surface area contributed by atoms with Crippen molar-refractivity contribution in [2.75, 3.05) is 7.11 Å². The second kappa shape index (κ2) is 6.41. The molecule has 0 amide bonds. The molecule has 21 heavy (non-hydrogen) atoms. The van der Waals surface area contributed by atoms with Crippen molar-refractivity contribution >= 4 is 23.2 Å². The summed E-state index contributed by atoms with van der Waals surface area (Å²) in [6.07, 6.45) is 0. The van der Waals surface area contributed by atoms with Gasteiger partial charge < -0.3 is 4.74 Å². The van der Waals surface area contributed by atoms with Gasteiger partial charge in [0.15, 0.2) is 5.78 Å². The summed E-state index contributed by atoms with van der Waals surface area (Å²) in [7, 11) is 1.58. The minimum absolute atomic E-state index is 0.0878. The third-order valence-electron chi connectivity index (χ3n) is 2.82. The molecular weight excluding hydrogens is 290 g/mol. The lowest BCUT2D eigenvalue weighted by atomic mass is 10.1. The van der Waals surface area contributed by atoms with Crippen molar-refractivity contribution in [1.29, 1.82) is 0 Å². The lowest BCUT2D eigenvalue weighted by molar-refractivity contribution is -0.384. The van der Waals surface area contributed by atoms with Crippen molar-refractivity contribution in [3.05, 3.63) is 58.1 Å². The van der Waals surface area contributed by atoms with E-state index < -0.39 is 4.92 Å². The molecule has 0 fully saturated rings. The van der Waals surface area contributed by atoms with Gasteiger partial charge >= 0.3 is 0 Å². The highest BCUT2D eigenvalue weighted by Gasteiger charge is 2.15. The highest BCUT2D eigenvalue weighted by molar-refractivity contribution is 7.99. The number of carbonyl (C=O) groups excluding carboxylic acids is 1. The van der Waals surface area contributed by atoms with Crippen LogP contribution in [0, 0.1) is 10.1 Å². The number of methoxy groups -OCH3 is 1. The standard InChI is InChI=1S/C15H13NO4S/c1-10(17)14-8-11(16(18)19)6-7-15(14)21-13-5-3-4-12(9-13)20-2/h3-9H,1-2H3. The van der Waals surface area contributed by atoms with Gasteiger partial charge in [-0.2, -0.15) is 0 Å². The number of non-ortho nitro benzene ring substituents is 1. The molecule has 0 unspecified atom stereocenters. The summed E-state index contributed by atoms with van der Waals surface area (Å²) in [5, 5.41) is 10.8. The van der Waals surface area contributed by atoms with Crippen molar-refractivity contribution in [2.24, 2.45) is 0 Å². The Morgan fingerprint density at radius 1 is 1.24 bits per heavy atom. The molecule has 108 valence electrons. The Hall–Kier alpha value is -2.34. The Morgan fingerprint density at radius 2 is 2.00 bits per heavy atom. The lowest BCUT2D eigenvalue weighted by Crippen LogP contribution is -1.98. The first-order valence-corrected chi connectivity index (χ1v) is 6.94. The fraction of sp³-hybridized carbons (Fsp3) is 0.133. The van der Waals surface area contributed by atoms with Gasteiger partial charge in [0.05, 0.1) is 12.0 Å². The molecule has 0 spiro atoms. The molecule has 2 aromatic carbocycles. The Morgan fingerprint density at radius 3 is 2.62 bits per heavy atom. The van der Waals surface area contributed by atoms with E-state index in [1.165, 1.54) is 30.8 Å². The predicted octanol–water partition coefficient (Wildman–Crippen LogP) is 3.96. The second-order valence-corrected chi connectivity index (χ2v) is 5.39. The highest BCUT2D eigenvalue weighted by Crippen LogP contribution is 2.34. The number of carbonyl (C=O) groups is 1. The number of rotatable bonds is 5. The maximum absolute atomic E-state index is 11.7. The van der Waals surface area contributed by atoms with Gasteiger partial charge in [-0.05, 0) is 31.2 Å². The molecule has 0 saturated heterocycles. The molecule has 0 N–H and O–H groups in total. The average Bonchev–Trinajstić information content (AvgIpc) is 2.47. The van der Waals surface area contributed by atoms with Gasteiger partial charge in [0, 0.05) is 27.5 Å². The normalized spacial score (nSPS) is 10.2. The van der Waals surface area contributed by atoms with E-state index in [9.17, 15) is 14.9 Å². The monoisotopic (exact) mass is 303 g/mol. The SMILES string of the molecule is COc1cccc(Sc2ccc([N+](=O)[O-])cc2C(C)=O)c1. The number of nitrogens with zero attached hydrogens (tertiary/aromatic N) is 1. The van der Waals surface area contributed by atoms with E-state index in [0.717, 1.165) is 4.90 Å². The van der Waals surface area contributed by atoms with Gasteiger partial charge in [-0.3, -0.25) is 14.9 Å². The molecule has 2 aromatic rings. The van der Waals surface area contributed by atoms with Gasteiger partial charge in [-0.15, -0.1) is 0 Å². The Balaban J connectivity index is 2.38. The van der Waals surface area contributed by atoms with Crippen molar-refractivity contribution < 1.29 is 14.5 Å². The number of hydrogen-bond donors (Lipinski definition) is 0. The summed E-state index contributed by atoms with van der Waals surface area (Å²) in [5.74, 6) is 0.510. The number of Topliss-reactive ketones (excluding diaryl/α,β-unsaturated/α-hetero) is 1. The zero-order chi connectivity index (χ0) is 15.4. The first-order valence-electron chi connectivity index (χ1n) is 6.12. The fourth-order valence-corrected chi connectivity index (χ4v) is 2.81. The summed E-state index contributed by atoms with van der Waals surface area (Å²) in [6, 6.07) is 11.7. The van der Waals surface area contributed by atoms with E-state index in [2.05, 4.69) is 0 Å². The molecule has 0 saturated carbocycles. The number of nitro groups is 1. The summed E-state index contributed by atoms with van der Waals surface area (Å²) in [4.78, 5) is 23.6. The Bertz CT molecular complexity index is 700. The van der Waals surface area contributed by atoms with E-state index in [1.54, 1.807) is 13.2 Å². The minimum atomic E-state index is -0.508. The molecule has 0 radical (unpaired) electrons. The van der Waals surface area contributed by atoms with Gasteiger partial charge in [0.2, 0.25) is 0 Å². The molecule has 0 aliphatic carbocycles. The first-order chi connectivity index (χ1) is 10.0. The molecule has 0 aliphatic heterocycles. The number of ketones is 1. The third-order valence-corrected chi connectivity index (χ3v) is 3.89. The topological polar surface area (TPSA) is 69.4 Å². The third kappa shape index (κ3) is 3.61. The van der Waals surface area contributed by atoms with Gasteiger partial charge in [0.25, 0.3) is 5.69 Å². The Kier molecular flexibility index (Phi) is 4.59. The average molecular weight is 303 g/mol. The number of ether oxygens (including phenoxy) is 1. The minimum Gasteiger partial charge on any atom is -0.497 e. The summed E-state index contributed by atoms with van der Waals surface area (Å²) in [6.45, 7) is 1.40. The molecule has 0 bridgehead atoms. The van der Waals surface area contributed by atoms with Crippen LogP contribution in [0.4, 0.5) is 5.69 Å². The van der Waals surface area contributed by atoms with Crippen LogP contribution in [0.3, 0.4) is 0 Å². The largest absolute Gasteiger partial charge is 0.497 e. The van der Waals surface area contributed by atoms with E-state index in [0.29, 0.717) is 16.2 Å². The van der Waals surface area contributed by atoms with Crippen molar-refractivity contribution in [3.8, 4) is 5.75 Å². The maximum Gasteiger partial charge on any atom is 0.270 e. The molecular formula is C15H13NO4S. The van der Waals surface area contributed by atoms with Crippen LogP contribution in [-0.2, 0) is 0 Å². The van der Waals surface area contributed by atoms with Crippen LogP contribution in [-0.4, -0.2) is 17.8 Å². The highest BCUT2D eigenvalue weighted by atomic mass is 32.2. The van der Waals surface area contributed by atoms with Gasteiger partial charge in [-0.1, -0.05) is 17.8 Å². The number of hydrogen-bond acceptors (Lipinski definition) is 5. The predicted molar refractivity (Wildman–Crippen MR) is 80.2 cm³/mol. The van der Waals surface area contributed by atoms with Crippen LogP contribution < -0.4 is 4.74 Å². The quantitative estimate of drug-likeness (QED) is 0.475. The second-order valence-electron chi connectivity index (χ2n) is 4.27. The van der Waals surface area contributed by atoms with Crippen LogP contribution in [0.1, 0.15) is 17.3 Å². The van der Waals surface area contributed by atoms with Crippen molar-refractivity contribution in [2.45, 2.75) is 16.7 Å². The Labute approximate surface area is 126 Å². The van der Waals surface area contributed by atoms with Crippen LogP contribution in [0.15, 0.2) is 52.3 Å². The van der Waals surface area contributed by atoms with Crippen molar-refractivity contribution in [3.63, 3.8) is 0 Å². The summed E-state index contributed by atoms with van der Waals surface area (Å²) >= 11 is 1.37. The van der Waals surface area contributed by atoms with Crippen LogP contribution in [0.5, 0.6) is 5.75 Å². The van der Waals surface area contributed by atoms with E-state index >= 15 is 0 Å². The number of benzene rings is 2. The van der Waals surface area contributed by atoms with Gasteiger partial charge in [0.1, 0.15) is 5.75 Å². The zero-order valence-corrected chi connectivity index (χ0v) is 12.3. The van der Waals surface area contributed by atoms with Crippen molar-refractivity contribution in [1.82, 2.24) is 0 Å².